The van der Waals surface area contributed by atoms with Crippen LogP contribution in [-0.2, 0) is 9.53 Å². The molecule has 0 spiro atoms. The highest BCUT2D eigenvalue weighted by Crippen LogP contribution is 2.55. The van der Waals surface area contributed by atoms with Crippen LogP contribution in [-0.4, -0.2) is 34.7 Å². The first-order valence-electron chi connectivity index (χ1n) is 9.39. The summed E-state index contributed by atoms with van der Waals surface area (Å²) < 4.78 is 80.0. The van der Waals surface area contributed by atoms with E-state index in [9.17, 15) is 31.5 Å². The smallest absolute Gasteiger partial charge is 0.417 e. The number of anilines is 1. The van der Waals surface area contributed by atoms with E-state index >= 15 is 0 Å². The van der Waals surface area contributed by atoms with Crippen molar-refractivity contribution in [3.63, 3.8) is 0 Å². The number of primary amides is 1. The Morgan fingerprint density at radius 3 is 2.52 bits per heavy atom. The number of carbonyl (C=O) groups excluding carboxylic acids is 2. The standard InChI is InChI=1S/C20H17F5IN3O4/c1-8-13(10-3-4-11(21)14(22)15(10)33-26)16(32-19(8,2)20(23,24)25)18(31)29-9-5-6-28-12(7-9)17(27)30/h3-8,13,16H,1-2H3,(H2,27,30)(H,28,29,31)/t8-,13-,16+,19+/m0/s1. The molecule has 3 N–H and O–H groups in total. The number of carbonyl (C=O) groups is 2. The first kappa shape index (κ1) is 25.1. The molecule has 0 aliphatic carbocycles. The van der Waals surface area contributed by atoms with Crippen molar-refractivity contribution in [3.05, 3.63) is 53.4 Å². The lowest BCUT2D eigenvalue weighted by Crippen LogP contribution is -2.47. The predicted octanol–water partition coefficient (Wildman–Crippen LogP) is 4.27. The van der Waals surface area contributed by atoms with Crippen molar-refractivity contribution in [2.75, 3.05) is 5.32 Å². The maximum atomic E-state index is 14.3. The first-order valence-corrected chi connectivity index (χ1v) is 10.3. The van der Waals surface area contributed by atoms with Gasteiger partial charge in [-0.3, -0.25) is 14.6 Å². The summed E-state index contributed by atoms with van der Waals surface area (Å²) in [6.07, 6.45) is -5.49. The molecule has 0 radical (unpaired) electrons. The number of ether oxygens (including phenoxy) is 1. The molecular weight excluding hydrogens is 568 g/mol. The van der Waals surface area contributed by atoms with Gasteiger partial charge in [-0.25, -0.2) is 4.39 Å². The fraction of sp³-hybridized carbons (Fsp3) is 0.350. The maximum Gasteiger partial charge on any atom is 0.417 e. The molecule has 2 heterocycles. The highest BCUT2D eigenvalue weighted by molar-refractivity contribution is 14.1. The number of alkyl halides is 3. The van der Waals surface area contributed by atoms with Crippen LogP contribution in [0.5, 0.6) is 5.75 Å². The molecule has 0 bridgehead atoms. The van der Waals surface area contributed by atoms with Crippen LogP contribution < -0.4 is 14.1 Å². The van der Waals surface area contributed by atoms with Crippen molar-refractivity contribution in [3.8, 4) is 5.75 Å². The minimum atomic E-state index is -4.89. The topological polar surface area (TPSA) is 104 Å². The van der Waals surface area contributed by atoms with Gasteiger partial charge in [-0.15, -0.1) is 0 Å². The Bertz CT molecular complexity index is 1100. The van der Waals surface area contributed by atoms with Crippen LogP contribution in [0.1, 0.15) is 35.8 Å². The number of nitrogens with two attached hydrogens (primary N) is 1. The number of amides is 2. The molecule has 178 valence electrons. The Labute approximate surface area is 198 Å². The number of aromatic nitrogens is 1. The second-order valence-corrected chi connectivity index (χ2v) is 8.04. The number of pyridine rings is 1. The molecule has 13 heteroatoms. The Hall–Kier alpha value is -2.55. The van der Waals surface area contributed by atoms with E-state index in [0.29, 0.717) is 0 Å². The first-order chi connectivity index (χ1) is 15.3. The van der Waals surface area contributed by atoms with E-state index in [1.807, 2.05) is 0 Å². The highest BCUT2D eigenvalue weighted by atomic mass is 127. The number of nitrogens with one attached hydrogen (secondary N) is 1. The third-order valence-electron chi connectivity index (χ3n) is 5.72. The number of nitrogens with zero attached hydrogens (tertiary/aromatic N) is 1. The van der Waals surface area contributed by atoms with Crippen LogP contribution in [0.3, 0.4) is 0 Å². The molecule has 1 aliphatic rings. The minimum Gasteiger partial charge on any atom is -0.424 e. The summed E-state index contributed by atoms with van der Waals surface area (Å²) in [4.78, 5) is 28.1. The molecule has 1 saturated heterocycles. The van der Waals surface area contributed by atoms with Crippen LogP contribution >= 0.6 is 23.0 Å². The summed E-state index contributed by atoms with van der Waals surface area (Å²) >= 11 is 1.27. The zero-order valence-corrected chi connectivity index (χ0v) is 19.2. The average molecular weight is 585 g/mol. The number of hydrogen-bond acceptors (Lipinski definition) is 5. The van der Waals surface area contributed by atoms with E-state index in [-0.39, 0.29) is 16.9 Å². The summed E-state index contributed by atoms with van der Waals surface area (Å²) in [5.74, 6) is -7.98. The van der Waals surface area contributed by atoms with Crippen LogP contribution in [0.15, 0.2) is 30.5 Å². The normalized spacial score (nSPS) is 25.0. The lowest BCUT2D eigenvalue weighted by Gasteiger charge is -2.31. The number of rotatable bonds is 5. The summed E-state index contributed by atoms with van der Waals surface area (Å²) in [5, 5.41) is 2.36. The van der Waals surface area contributed by atoms with E-state index in [4.69, 9.17) is 13.5 Å². The fourth-order valence-electron chi connectivity index (χ4n) is 3.77. The summed E-state index contributed by atoms with van der Waals surface area (Å²) in [6, 6.07) is 4.21. The van der Waals surface area contributed by atoms with E-state index < -0.39 is 58.9 Å². The Morgan fingerprint density at radius 2 is 1.94 bits per heavy atom. The van der Waals surface area contributed by atoms with Gasteiger partial charge in [-0.2, -0.15) is 17.6 Å². The second-order valence-electron chi connectivity index (χ2n) is 7.60. The highest BCUT2D eigenvalue weighted by Gasteiger charge is 2.65. The lowest BCUT2D eigenvalue weighted by atomic mass is 9.77. The van der Waals surface area contributed by atoms with Crippen molar-refractivity contribution in [2.45, 2.75) is 37.6 Å². The fourth-order valence-corrected chi connectivity index (χ4v) is 4.22. The van der Waals surface area contributed by atoms with Gasteiger partial charge in [-0.1, -0.05) is 13.0 Å². The molecule has 1 aromatic heterocycles. The monoisotopic (exact) mass is 585 g/mol. The molecule has 4 atom stereocenters. The summed E-state index contributed by atoms with van der Waals surface area (Å²) in [6.45, 7) is 1.97. The van der Waals surface area contributed by atoms with Crippen molar-refractivity contribution in [1.29, 1.82) is 0 Å². The van der Waals surface area contributed by atoms with Crippen molar-refractivity contribution >= 4 is 40.5 Å². The molecule has 1 aliphatic heterocycles. The quantitative estimate of drug-likeness (QED) is 0.404. The van der Waals surface area contributed by atoms with Crippen LogP contribution in [0.25, 0.3) is 0 Å². The summed E-state index contributed by atoms with van der Waals surface area (Å²) in [7, 11) is 0. The Balaban J connectivity index is 2.07. The Morgan fingerprint density at radius 1 is 1.27 bits per heavy atom. The van der Waals surface area contributed by atoms with Gasteiger partial charge in [0.2, 0.25) is 5.82 Å². The van der Waals surface area contributed by atoms with Gasteiger partial charge in [0, 0.05) is 29.3 Å². The molecule has 7 nitrogen and oxygen atoms in total. The molecule has 0 saturated carbocycles. The SMILES string of the molecule is C[C@H]1[C@@H](c2ccc(F)c(F)c2OI)[C@H](C(=O)Nc2ccnc(C(N)=O)c2)O[C@@]1(C)C(F)(F)F. The van der Waals surface area contributed by atoms with E-state index in [1.54, 1.807) is 0 Å². The molecule has 3 rings (SSSR count). The van der Waals surface area contributed by atoms with Gasteiger partial charge in [0.25, 0.3) is 11.8 Å². The zero-order valence-electron chi connectivity index (χ0n) is 17.0. The summed E-state index contributed by atoms with van der Waals surface area (Å²) in [5.41, 5.74) is 2.03. The van der Waals surface area contributed by atoms with Gasteiger partial charge in [0.05, 0.1) is 0 Å². The van der Waals surface area contributed by atoms with Crippen molar-refractivity contribution in [2.24, 2.45) is 11.7 Å². The number of halogens is 6. The number of hydrogen-bond donors (Lipinski definition) is 2. The van der Waals surface area contributed by atoms with Gasteiger partial charge in [0.1, 0.15) is 11.8 Å². The Kier molecular flexibility index (Phi) is 6.84. The molecule has 1 fully saturated rings. The third-order valence-corrected chi connectivity index (χ3v) is 6.16. The third kappa shape index (κ3) is 4.47. The van der Waals surface area contributed by atoms with E-state index in [2.05, 4.69) is 10.3 Å². The average Bonchev–Trinajstić information content (AvgIpc) is 3.02. The zero-order chi connectivity index (χ0) is 24.7. The molecule has 2 aromatic rings. The van der Waals surface area contributed by atoms with Crippen LogP contribution in [0.2, 0.25) is 0 Å². The molecule has 2 amide bonds. The van der Waals surface area contributed by atoms with Gasteiger partial charge >= 0.3 is 6.18 Å². The number of benzene rings is 1. The lowest BCUT2D eigenvalue weighted by molar-refractivity contribution is -0.272. The predicted molar refractivity (Wildman–Crippen MR) is 114 cm³/mol. The second kappa shape index (κ2) is 9.00. The van der Waals surface area contributed by atoms with E-state index in [1.165, 1.54) is 42.2 Å². The van der Waals surface area contributed by atoms with Crippen LogP contribution in [0, 0.1) is 17.6 Å². The largest absolute Gasteiger partial charge is 0.424 e. The maximum absolute atomic E-state index is 14.3. The van der Waals surface area contributed by atoms with Crippen molar-refractivity contribution < 1.29 is 39.3 Å². The van der Waals surface area contributed by atoms with Gasteiger partial charge in [-0.05, 0) is 25.1 Å². The van der Waals surface area contributed by atoms with Crippen molar-refractivity contribution in [1.82, 2.24) is 4.98 Å². The van der Waals surface area contributed by atoms with Gasteiger partial charge < -0.3 is 18.9 Å². The molecule has 33 heavy (non-hydrogen) atoms. The molecule has 0 unspecified atom stereocenters. The van der Waals surface area contributed by atoms with E-state index in [0.717, 1.165) is 25.1 Å². The minimum absolute atomic E-state index is 0.0232. The van der Waals surface area contributed by atoms with Crippen LogP contribution in [0.4, 0.5) is 27.6 Å². The molecule has 1 aromatic carbocycles. The van der Waals surface area contributed by atoms with Gasteiger partial charge in [0.15, 0.2) is 40.2 Å². The molecular formula is C20H17F5IN3O4.